The predicted molar refractivity (Wildman–Crippen MR) is 57.9 cm³/mol. The third-order valence-corrected chi connectivity index (χ3v) is 3.37. The number of ether oxygens (including phenoxy) is 1. The zero-order chi connectivity index (χ0) is 10.9. The molecule has 1 saturated carbocycles. The van der Waals surface area contributed by atoms with Crippen LogP contribution < -0.4 is 5.32 Å². The number of rotatable bonds is 4. The molecule has 0 bridgehead atoms. The van der Waals surface area contributed by atoms with Crippen molar-refractivity contribution >= 4 is 11.7 Å². The summed E-state index contributed by atoms with van der Waals surface area (Å²) in [5.41, 5.74) is -0.280. The maximum Gasteiger partial charge on any atom is 0.250 e. The second-order valence-corrected chi connectivity index (χ2v) is 4.32. The average Bonchev–Trinajstić information content (AvgIpc) is 2.48. The highest BCUT2D eigenvalue weighted by Crippen LogP contribution is 2.37. The van der Waals surface area contributed by atoms with E-state index in [-0.39, 0.29) is 17.6 Å². The summed E-state index contributed by atoms with van der Waals surface area (Å²) in [5, 5.41) is 2.87. The van der Waals surface area contributed by atoms with E-state index in [1.165, 1.54) is 0 Å². The Morgan fingerprint density at radius 2 is 2.33 bits per heavy atom. The van der Waals surface area contributed by atoms with Crippen LogP contribution in [0.2, 0.25) is 0 Å². The highest BCUT2D eigenvalue weighted by molar-refractivity contribution is 6.09. The molecule has 1 fully saturated rings. The molecule has 4 nitrogen and oxygen atoms in total. The molecule has 1 aliphatic heterocycles. The number of hydrogen-bond donors (Lipinski definition) is 1. The third kappa shape index (κ3) is 1.67. The SMILES string of the molecule is CCCC1N=C(C2(OC)CCC2)NC1=O. The predicted octanol–water partition coefficient (Wildman–Crippen LogP) is 1.25. The summed E-state index contributed by atoms with van der Waals surface area (Å²) in [6, 6.07) is -0.183. The zero-order valence-corrected chi connectivity index (χ0v) is 9.38. The van der Waals surface area contributed by atoms with Gasteiger partial charge in [0.15, 0.2) is 0 Å². The quantitative estimate of drug-likeness (QED) is 0.759. The number of hydrogen-bond acceptors (Lipinski definition) is 3. The second-order valence-electron chi connectivity index (χ2n) is 4.32. The zero-order valence-electron chi connectivity index (χ0n) is 9.38. The molecule has 4 heteroatoms. The largest absolute Gasteiger partial charge is 0.370 e. The molecule has 0 spiro atoms. The molecule has 2 aliphatic rings. The minimum Gasteiger partial charge on any atom is -0.370 e. The number of amides is 1. The van der Waals surface area contributed by atoms with Gasteiger partial charge in [-0.3, -0.25) is 9.79 Å². The third-order valence-electron chi connectivity index (χ3n) is 3.37. The van der Waals surface area contributed by atoms with Gasteiger partial charge in [0.1, 0.15) is 17.5 Å². The van der Waals surface area contributed by atoms with E-state index < -0.39 is 0 Å². The molecule has 1 N–H and O–H groups in total. The molecule has 1 heterocycles. The first-order valence-electron chi connectivity index (χ1n) is 5.66. The number of nitrogens with zero attached hydrogens (tertiary/aromatic N) is 1. The van der Waals surface area contributed by atoms with Gasteiger partial charge in [0.2, 0.25) is 5.91 Å². The average molecular weight is 210 g/mol. The molecule has 1 unspecified atom stereocenters. The van der Waals surface area contributed by atoms with Gasteiger partial charge >= 0.3 is 0 Å². The Kier molecular flexibility index (Phi) is 2.78. The van der Waals surface area contributed by atoms with Crippen LogP contribution in [0.25, 0.3) is 0 Å². The summed E-state index contributed by atoms with van der Waals surface area (Å²) >= 11 is 0. The highest BCUT2D eigenvalue weighted by atomic mass is 16.5. The summed E-state index contributed by atoms with van der Waals surface area (Å²) < 4.78 is 5.49. The van der Waals surface area contributed by atoms with Gasteiger partial charge in [0.05, 0.1) is 0 Å². The van der Waals surface area contributed by atoms with Crippen molar-refractivity contribution in [2.24, 2.45) is 4.99 Å². The Hall–Kier alpha value is -0.900. The van der Waals surface area contributed by atoms with Crippen LogP contribution in [0, 0.1) is 0 Å². The Balaban J connectivity index is 2.10. The monoisotopic (exact) mass is 210 g/mol. The first-order valence-corrected chi connectivity index (χ1v) is 5.66. The van der Waals surface area contributed by atoms with Gasteiger partial charge in [-0.1, -0.05) is 13.3 Å². The molecule has 15 heavy (non-hydrogen) atoms. The van der Waals surface area contributed by atoms with Crippen molar-refractivity contribution in [3.8, 4) is 0 Å². The lowest BCUT2D eigenvalue weighted by atomic mass is 9.79. The van der Waals surface area contributed by atoms with Crippen molar-refractivity contribution in [2.75, 3.05) is 7.11 Å². The first kappa shape index (κ1) is 10.6. The first-order chi connectivity index (χ1) is 7.22. The summed E-state index contributed by atoms with van der Waals surface area (Å²) in [6.45, 7) is 2.07. The van der Waals surface area contributed by atoms with Crippen LogP contribution >= 0.6 is 0 Å². The van der Waals surface area contributed by atoms with Gasteiger partial charge in [0.25, 0.3) is 0 Å². The van der Waals surface area contributed by atoms with Crippen molar-refractivity contribution in [3.05, 3.63) is 0 Å². The van der Waals surface area contributed by atoms with Gasteiger partial charge in [-0.15, -0.1) is 0 Å². The van der Waals surface area contributed by atoms with Crippen LogP contribution in [0.15, 0.2) is 4.99 Å². The molecule has 0 aromatic rings. The van der Waals surface area contributed by atoms with E-state index in [2.05, 4.69) is 17.2 Å². The summed E-state index contributed by atoms with van der Waals surface area (Å²) in [7, 11) is 1.70. The molecular weight excluding hydrogens is 192 g/mol. The topological polar surface area (TPSA) is 50.7 Å². The van der Waals surface area contributed by atoms with Crippen LogP contribution in [0.1, 0.15) is 39.0 Å². The van der Waals surface area contributed by atoms with E-state index in [0.717, 1.165) is 37.9 Å². The van der Waals surface area contributed by atoms with Gasteiger partial charge in [-0.25, -0.2) is 0 Å². The lowest BCUT2D eigenvalue weighted by Gasteiger charge is -2.39. The van der Waals surface area contributed by atoms with Gasteiger partial charge in [-0.05, 0) is 25.7 Å². The molecule has 1 atom stereocenters. The Morgan fingerprint density at radius 3 is 2.80 bits per heavy atom. The smallest absolute Gasteiger partial charge is 0.250 e. The van der Waals surface area contributed by atoms with E-state index in [1.54, 1.807) is 7.11 Å². The van der Waals surface area contributed by atoms with E-state index in [0.29, 0.717) is 0 Å². The molecule has 0 aromatic heterocycles. The maximum absolute atomic E-state index is 11.6. The van der Waals surface area contributed by atoms with Crippen LogP contribution in [-0.4, -0.2) is 30.5 Å². The van der Waals surface area contributed by atoms with Crippen molar-refractivity contribution < 1.29 is 9.53 Å². The van der Waals surface area contributed by atoms with E-state index in [4.69, 9.17) is 4.74 Å². The number of nitrogens with one attached hydrogen (secondary N) is 1. The second kappa shape index (κ2) is 3.93. The Morgan fingerprint density at radius 1 is 1.60 bits per heavy atom. The number of aliphatic imine (C=N–C) groups is 1. The summed E-state index contributed by atoms with van der Waals surface area (Å²) in [5.74, 6) is 0.801. The van der Waals surface area contributed by atoms with Crippen molar-refractivity contribution in [1.82, 2.24) is 5.32 Å². The van der Waals surface area contributed by atoms with E-state index in [1.807, 2.05) is 0 Å². The number of amidine groups is 1. The minimum absolute atomic E-state index is 0.0372. The number of methoxy groups -OCH3 is 1. The fraction of sp³-hybridized carbons (Fsp3) is 0.818. The van der Waals surface area contributed by atoms with Crippen LogP contribution in [0.4, 0.5) is 0 Å². The fourth-order valence-corrected chi connectivity index (χ4v) is 2.18. The molecule has 2 rings (SSSR count). The van der Waals surface area contributed by atoms with E-state index in [9.17, 15) is 4.79 Å². The van der Waals surface area contributed by atoms with Gasteiger partial charge in [0, 0.05) is 7.11 Å². The van der Waals surface area contributed by atoms with E-state index >= 15 is 0 Å². The van der Waals surface area contributed by atoms with Gasteiger partial charge in [-0.2, -0.15) is 0 Å². The van der Waals surface area contributed by atoms with Gasteiger partial charge < -0.3 is 10.1 Å². The molecular formula is C11H18N2O2. The maximum atomic E-state index is 11.6. The molecule has 84 valence electrons. The normalized spacial score (nSPS) is 28.3. The highest BCUT2D eigenvalue weighted by Gasteiger charge is 2.46. The van der Waals surface area contributed by atoms with Crippen molar-refractivity contribution in [3.63, 3.8) is 0 Å². The number of carbonyl (C=O) groups is 1. The molecule has 0 aromatic carbocycles. The lowest BCUT2D eigenvalue weighted by Crippen LogP contribution is -2.52. The summed E-state index contributed by atoms with van der Waals surface area (Å²) in [4.78, 5) is 16.1. The Labute approximate surface area is 90.1 Å². The molecule has 1 aliphatic carbocycles. The van der Waals surface area contributed by atoms with Crippen LogP contribution in [-0.2, 0) is 9.53 Å². The fourth-order valence-electron chi connectivity index (χ4n) is 2.18. The van der Waals surface area contributed by atoms with Crippen LogP contribution in [0.3, 0.4) is 0 Å². The molecule has 0 saturated heterocycles. The summed E-state index contributed by atoms with van der Waals surface area (Å²) in [6.07, 6.45) is 4.91. The molecule has 0 radical (unpaired) electrons. The van der Waals surface area contributed by atoms with Crippen molar-refractivity contribution in [2.45, 2.75) is 50.7 Å². The molecule has 1 amide bonds. The van der Waals surface area contributed by atoms with Crippen molar-refractivity contribution in [1.29, 1.82) is 0 Å². The number of carbonyl (C=O) groups excluding carboxylic acids is 1. The minimum atomic E-state index is -0.280. The lowest BCUT2D eigenvalue weighted by molar-refractivity contribution is -0.120. The Bertz CT molecular complexity index is 289. The standard InChI is InChI=1S/C11H18N2O2/c1-3-5-8-9(14)13-10(12-8)11(15-2)6-4-7-11/h8H,3-7H2,1-2H3,(H,12,13,14). The van der Waals surface area contributed by atoms with Crippen LogP contribution in [0.5, 0.6) is 0 Å².